The molecule has 5 aromatic rings. The first-order valence-electron chi connectivity index (χ1n) is 21.0. The van der Waals surface area contributed by atoms with Gasteiger partial charge in [-0.3, -0.25) is 9.69 Å². The van der Waals surface area contributed by atoms with Crippen molar-refractivity contribution in [3.63, 3.8) is 0 Å². The molecule has 0 spiro atoms. The molecule has 0 aliphatic heterocycles. The molecule has 4 aromatic carbocycles. The predicted molar refractivity (Wildman–Crippen MR) is 235 cm³/mol. The molecule has 0 unspecified atom stereocenters. The number of fused-ring (bicyclic) bond motifs is 8. The van der Waals surface area contributed by atoms with Crippen molar-refractivity contribution in [1.82, 2.24) is 4.90 Å². The molecular formula is C51H59NO5S. The van der Waals surface area contributed by atoms with Crippen LogP contribution in [0.3, 0.4) is 0 Å². The number of carbonyl (C=O) groups is 1. The Kier molecular flexibility index (Phi) is 13.9. The van der Waals surface area contributed by atoms with Crippen LogP contribution in [0.2, 0.25) is 0 Å². The molecule has 1 fully saturated rings. The van der Waals surface area contributed by atoms with Crippen molar-refractivity contribution in [2.75, 3.05) is 26.2 Å². The monoisotopic (exact) mass is 797 g/mol. The Hall–Kier alpha value is -4.21. The summed E-state index contributed by atoms with van der Waals surface area (Å²) in [5, 5.41) is 37.8. The molecule has 7 heteroatoms. The lowest BCUT2D eigenvalue weighted by Crippen LogP contribution is -2.54. The highest BCUT2D eigenvalue weighted by molar-refractivity contribution is 7.09. The van der Waals surface area contributed by atoms with Crippen LogP contribution in [0.1, 0.15) is 95.8 Å². The number of hydrogen-bond donors (Lipinski definition) is 3. The third kappa shape index (κ3) is 9.96. The molecule has 3 aliphatic carbocycles. The van der Waals surface area contributed by atoms with E-state index < -0.39 is 23.2 Å². The molecule has 3 N–H and O–H groups in total. The highest BCUT2D eigenvalue weighted by Crippen LogP contribution is 2.59. The molecular weight excluding hydrogens is 739 g/mol. The zero-order valence-corrected chi connectivity index (χ0v) is 34.9. The Labute approximate surface area is 348 Å². The summed E-state index contributed by atoms with van der Waals surface area (Å²) < 4.78 is 5.98. The summed E-state index contributed by atoms with van der Waals surface area (Å²) in [4.78, 5) is 18.6. The van der Waals surface area contributed by atoms with Gasteiger partial charge >= 0.3 is 0 Å². The number of rotatable bonds is 14. The minimum atomic E-state index is -1.10. The van der Waals surface area contributed by atoms with E-state index in [4.69, 9.17) is 4.74 Å². The zero-order chi connectivity index (χ0) is 40.5. The van der Waals surface area contributed by atoms with Gasteiger partial charge in [0, 0.05) is 41.1 Å². The number of nitrogens with zero attached hydrogens (tertiary/aromatic N) is 1. The summed E-state index contributed by atoms with van der Waals surface area (Å²) in [5.41, 5.74) is 5.67. The van der Waals surface area contributed by atoms with Crippen LogP contribution in [0.15, 0.2) is 132 Å². The maximum Gasteiger partial charge on any atom is 0.193 e. The van der Waals surface area contributed by atoms with E-state index in [0.717, 1.165) is 59.9 Å². The Morgan fingerprint density at radius 2 is 1.67 bits per heavy atom. The lowest BCUT2D eigenvalue weighted by molar-refractivity contribution is -0.0905. The van der Waals surface area contributed by atoms with E-state index in [1.807, 2.05) is 91.0 Å². The Morgan fingerprint density at radius 1 is 0.914 bits per heavy atom. The van der Waals surface area contributed by atoms with Crippen molar-refractivity contribution in [1.29, 1.82) is 0 Å². The van der Waals surface area contributed by atoms with Crippen LogP contribution < -0.4 is 0 Å². The minimum Gasteiger partial charge on any atom is -0.393 e. The Balaban J connectivity index is 1.23. The normalized spacial score (nSPS) is 23.0. The van der Waals surface area contributed by atoms with E-state index in [0.29, 0.717) is 56.6 Å². The first-order valence-corrected chi connectivity index (χ1v) is 21.9. The Bertz CT molecular complexity index is 2120. The minimum absolute atomic E-state index is 0.0392. The van der Waals surface area contributed by atoms with E-state index >= 15 is 4.79 Å². The largest absolute Gasteiger partial charge is 0.393 e. The van der Waals surface area contributed by atoms with E-state index in [2.05, 4.69) is 54.5 Å². The molecule has 0 radical (unpaired) electrons. The average Bonchev–Trinajstić information content (AvgIpc) is 3.85. The van der Waals surface area contributed by atoms with E-state index in [1.54, 1.807) is 11.3 Å². The van der Waals surface area contributed by atoms with Crippen LogP contribution in [0.5, 0.6) is 0 Å². The molecule has 58 heavy (non-hydrogen) atoms. The number of aliphatic hydroxyl groups excluding tert-OH is 2. The second-order valence-corrected chi connectivity index (χ2v) is 17.9. The van der Waals surface area contributed by atoms with Crippen molar-refractivity contribution in [3.05, 3.63) is 165 Å². The van der Waals surface area contributed by atoms with E-state index in [9.17, 15) is 15.3 Å². The summed E-state index contributed by atoms with van der Waals surface area (Å²) in [7, 11) is 0. The van der Waals surface area contributed by atoms with Gasteiger partial charge in [0.05, 0.1) is 31.0 Å². The van der Waals surface area contributed by atoms with Gasteiger partial charge in [-0.1, -0.05) is 122 Å². The van der Waals surface area contributed by atoms with Crippen molar-refractivity contribution in [2.45, 2.75) is 95.5 Å². The van der Waals surface area contributed by atoms with E-state index in [-0.39, 0.29) is 18.3 Å². The van der Waals surface area contributed by atoms with Gasteiger partial charge in [0.1, 0.15) is 0 Å². The number of carbonyl (C=O) groups excluding carboxylic acids is 1. The summed E-state index contributed by atoms with van der Waals surface area (Å²) in [5.74, 6) is -0.142. The Morgan fingerprint density at radius 3 is 2.45 bits per heavy atom. The van der Waals surface area contributed by atoms with Gasteiger partial charge in [-0.15, -0.1) is 11.3 Å². The second-order valence-electron chi connectivity index (χ2n) is 16.9. The van der Waals surface area contributed by atoms with Gasteiger partial charge in [0.2, 0.25) is 0 Å². The SMILES string of the molecule is CC1=CCC[C@@]2(C)[C@@H](CC[C@@]2(O)CN(CCc2cccs2)C[C@@H](O)COCc2ccccc2)c2ccc(cc2C(=O)c2ccccc2-c2ccccc2)C[C@@H](O)CC1. The van der Waals surface area contributed by atoms with Crippen LogP contribution in [0.25, 0.3) is 11.1 Å². The number of thiophene rings is 1. The molecule has 5 atom stereocenters. The van der Waals surface area contributed by atoms with Gasteiger partial charge < -0.3 is 20.1 Å². The first kappa shape index (κ1) is 41.9. The molecule has 1 heterocycles. The third-order valence-corrected chi connectivity index (χ3v) is 13.7. The average molecular weight is 798 g/mol. The number of benzene rings is 4. The quantitative estimate of drug-likeness (QED) is 0.0766. The standard InChI is InChI=1S/C51H59NO5S/c1-37-13-11-27-50(2)48(25-28-51(50,56)36-52(29-26-43-18-12-30-58-43)33-42(54)35-57-34-38-14-5-3-6-15-38)45-24-22-39(31-41(53)23-21-37)32-47(45)49(55)46-20-10-9-19-44(46)40-16-7-4-8-17-40/h3-10,12-20,22,24,30,32,41-42,48,53-54,56H,11,21,23,25-29,31,33-36H2,1-2H3/t41-,42+,48-,50-,51+/m0/s1. The highest BCUT2D eigenvalue weighted by atomic mass is 32.1. The van der Waals surface area contributed by atoms with Crippen molar-refractivity contribution in [3.8, 4) is 11.1 Å². The fraction of sp³-hybridized carbons (Fsp3) is 0.392. The lowest BCUT2D eigenvalue weighted by Gasteiger charge is -2.46. The number of allylic oxidation sites excluding steroid dienone is 2. The summed E-state index contributed by atoms with van der Waals surface area (Å²) in [6.07, 6.45) is 6.56. The third-order valence-electron chi connectivity index (χ3n) is 12.8. The topological polar surface area (TPSA) is 90.2 Å². The smallest absolute Gasteiger partial charge is 0.193 e. The van der Waals surface area contributed by atoms with E-state index in [1.165, 1.54) is 10.5 Å². The molecule has 8 rings (SSSR count). The molecule has 1 aromatic heterocycles. The van der Waals surface area contributed by atoms with Gasteiger partial charge in [0.15, 0.2) is 5.78 Å². The lowest BCUT2D eigenvalue weighted by atomic mass is 9.64. The fourth-order valence-electron chi connectivity index (χ4n) is 9.46. The fourth-order valence-corrected chi connectivity index (χ4v) is 10.2. The summed E-state index contributed by atoms with van der Waals surface area (Å²) >= 11 is 1.73. The number of ether oxygens (including phenoxy) is 1. The van der Waals surface area contributed by atoms with Gasteiger partial charge in [-0.05, 0) is 110 Å². The van der Waals surface area contributed by atoms with Crippen LogP contribution in [0.4, 0.5) is 0 Å². The van der Waals surface area contributed by atoms with Crippen LogP contribution in [-0.4, -0.2) is 70.1 Å². The second kappa shape index (κ2) is 19.2. The van der Waals surface area contributed by atoms with Crippen LogP contribution in [0, 0.1) is 5.41 Å². The molecule has 1 saturated carbocycles. The van der Waals surface area contributed by atoms with Crippen LogP contribution in [-0.2, 0) is 24.2 Å². The molecule has 0 saturated heterocycles. The van der Waals surface area contributed by atoms with Gasteiger partial charge in [-0.2, -0.15) is 0 Å². The molecule has 0 amide bonds. The van der Waals surface area contributed by atoms with Gasteiger partial charge in [0.25, 0.3) is 0 Å². The maximum atomic E-state index is 15.1. The van der Waals surface area contributed by atoms with Gasteiger partial charge in [-0.25, -0.2) is 0 Å². The number of aliphatic hydroxyl groups is 3. The molecule has 3 aliphatic rings. The summed E-state index contributed by atoms with van der Waals surface area (Å²) in [6.45, 7) is 6.47. The van der Waals surface area contributed by atoms with Crippen molar-refractivity contribution in [2.24, 2.45) is 5.41 Å². The first-order chi connectivity index (χ1) is 28.1. The van der Waals surface area contributed by atoms with Crippen molar-refractivity contribution >= 4 is 17.1 Å². The predicted octanol–water partition coefficient (Wildman–Crippen LogP) is 9.81. The maximum absolute atomic E-state index is 15.1. The summed E-state index contributed by atoms with van der Waals surface area (Å²) in [6, 6.07) is 38.3. The van der Waals surface area contributed by atoms with Crippen LogP contribution >= 0.6 is 11.3 Å². The molecule has 304 valence electrons. The molecule has 6 nitrogen and oxygen atoms in total. The molecule has 2 bridgehead atoms. The number of hydrogen-bond acceptors (Lipinski definition) is 7. The zero-order valence-electron chi connectivity index (χ0n) is 34.1. The van der Waals surface area contributed by atoms with Crippen molar-refractivity contribution < 1.29 is 24.9 Å². The highest BCUT2D eigenvalue weighted by Gasteiger charge is 2.57. The number of ketones is 1.